The molecular formula is C19H16ClN3O3S. The third kappa shape index (κ3) is 2.79. The van der Waals surface area contributed by atoms with Crippen molar-refractivity contribution in [1.82, 2.24) is 4.98 Å². The first kappa shape index (κ1) is 17.9. The second-order valence-corrected chi connectivity index (χ2v) is 8.56. The molecule has 0 aliphatic carbocycles. The van der Waals surface area contributed by atoms with Gasteiger partial charge in [0.1, 0.15) is 4.90 Å². The lowest BCUT2D eigenvalue weighted by molar-refractivity contribution is 0.103. The van der Waals surface area contributed by atoms with Crippen molar-refractivity contribution in [3.05, 3.63) is 58.7 Å². The number of halogens is 1. The average molecular weight is 402 g/mol. The number of nitrogens with two attached hydrogens (primary N) is 1. The summed E-state index contributed by atoms with van der Waals surface area (Å²) in [6.45, 7) is 1.12. The van der Waals surface area contributed by atoms with E-state index in [0.717, 1.165) is 6.42 Å². The molecule has 0 atom stereocenters. The van der Waals surface area contributed by atoms with Crippen molar-refractivity contribution in [2.45, 2.75) is 16.2 Å². The molecule has 2 aromatic carbocycles. The summed E-state index contributed by atoms with van der Waals surface area (Å²) in [6, 6.07) is 9.58. The minimum Gasteiger partial charge on any atom is -0.384 e. The van der Waals surface area contributed by atoms with E-state index in [4.69, 9.17) is 17.3 Å². The lowest BCUT2D eigenvalue weighted by atomic mass is 9.98. The zero-order valence-corrected chi connectivity index (χ0v) is 15.8. The number of pyridine rings is 1. The van der Waals surface area contributed by atoms with E-state index in [-0.39, 0.29) is 26.7 Å². The predicted molar refractivity (Wildman–Crippen MR) is 104 cm³/mol. The molecule has 0 fully saturated rings. The number of aromatic nitrogens is 1. The van der Waals surface area contributed by atoms with Crippen LogP contribution in [0.2, 0.25) is 5.02 Å². The Morgan fingerprint density at radius 1 is 1.15 bits per heavy atom. The topological polar surface area (TPSA) is 102 Å². The standard InChI is InChI=1S/C19H16ClN3O3S/c20-11-5-6-15-12(9-11)19(24)18-16(27(15,25)26)10-23-14-4-1-3-13(17(14)18)22-8-2-7-21/h1,3-6,9-10,22H,2,7-8,21H2. The van der Waals surface area contributed by atoms with E-state index >= 15 is 0 Å². The van der Waals surface area contributed by atoms with Crippen LogP contribution >= 0.6 is 11.6 Å². The van der Waals surface area contributed by atoms with Crippen molar-refractivity contribution in [2.75, 3.05) is 18.4 Å². The average Bonchev–Trinajstić information content (AvgIpc) is 2.65. The van der Waals surface area contributed by atoms with Gasteiger partial charge in [-0.05, 0) is 43.3 Å². The fourth-order valence-corrected chi connectivity index (χ4v) is 5.05. The van der Waals surface area contributed by atoms with Gasteiger partial charge in [-0.15, -0.1) is 0 Å². The fourth-order valence-electron chi connectivity index (χ4n) is 3.30. The van der Waals surface area contributed by atoms with Gasteiger partial charge in [0.15, 0.2) is 5.78 Å². The van der Waals surface area contributed by atoms with Crippen LogP contribution in [0.5, 0.6) is 0 Å². The zero-order valence-electron chi connectivity index (χ0n) is 14.2. The van der Waals surface area contributed by atoms with E-state index in [1.807, 2.05) is 0 Å². The number of fused-ring (bicyclic) bond motifs is 4. The number of anilines is 1. The molecule has 0 radical (unpaired) electrons. The van der Waals surface area contributed by atoms with Crippen molar-refractivity contribution in [2.24, 2.45) is 5.73 Å². The highest BCUT2D eigenvalue weighted by Crippen LogP contribution is 2.40. The number of nitrogens with one attached hydrogen (secondary N) is 1. The van der Waals surface area contributed by atoms with E-state index in [1.54, 1.807) is 18.2 Å². The Bertz CT molecular complexity index is 1190. The first-order valence-corrected chi connectivity index (χ1v) is 10.3. The quantitative estimate of drug-likeness (QED) is 0.509. The second-order valence-electron chi connectivity index (χ2n) is 6.24. The molecule has 6 nitrogen and oxygen atoms in total. The van der Waals surface area contributed by atoms with Gasteiger partial charge in [-0.2, -0.15) is 0 Å². The summed E-state index contributed by atoms with van der Waals surface area (Å²) in [5, 5.41) is 4.03. The lowest BCUT2D eigenvalue weighted by Crippen LogP contribution is -2.21. The highest BCUT2D eigenvalue weighted by molar-refractivity contribution is 7.91. The maximum Gasteiger partial charge on any atom is 0.209 e. The monoisotopic (exact) mass is 401 g/mol. The molecule has 27 heavy (non-hydrogen) atoms. The molecule has 1 aliphatic heterocycles. The fraction of sp³-hybridized carbons (Fsp3) is 0.158. The third-order valence-electron chi connectivity index (χ3n) is 4.55. The molecule has 3 aromatic rings. The summed E-state index contributed by atoms with van der Waals surface area (Å²) in [7, 11) is -3.87. The molecule has 2 heterocycles. The van der Waals surface area contributed by atoms with Gasteiger partial charge >= 0.3 is 0 Å². The Hall–Kier alpha value is -2.48. The largest absolute Gasteiger partial charge is 0.384 e. The molecule has 3 N–H and O–H groups in total. The van der Waals surface area contributed by atoms with Gasteiger partial charge in [0.25, 0.3) is 0 Å². The van der Waals surface area contributed by atoms with Crippen molar-refractivity contribution in [3.8, 4) is 0 Å². The Morgan fingerprint density at radius 3 is 2.74 bits per heavy atom. The van der Waals surface area contributed by atoms with Gasteiger partial charge in [-0.3, -0.25) is 9.78 Å². The molecule has 138 valence electrons. The zero-order chi connectivity index (χ0) is 19.2. The first-order valence-electron chi connectivity index (χ1n) is 8.40. The number of hydrogen-bond acceptors (Lipinski definition) is 6. The number of benzene rings is 2. The Morgan fingerprint density at radius 2 is 1.96 bits per heavy atom. The number of carbonyl (C=O) groups is 1. The number of hydrogen-bond donors (Lipinski definition) is 2. The van der Waals surface area contributed by atoms with Crippen LogP contribution < -0.4 is 11.1 Å². The van der Waals surface area contributed by atoms with Crippen LogP contribution in [0.25, 0.3) is 10.9 Å². The molecule has 1 aromatic heterocycles. The van der Waals surface area contributed by atoms with Crippen LogP contribution in [-0.2, 0) is 9.84 Å². The van der Waals surface area contributed by atoms with Crippen molar-refractivity contribution < 1.29 is 13.2 Å². The van der Waals surface area contributed by atoms with Crippen LogP contribution in [0, 0.1) is 0 Å². The summed E-state index contributed by atoms with van der Waals surface area (Å²) < 4.78 is 26.2. The van der Waals surface area contributed by atoms with Crippen LogP contribution in [-0.4, -0.2) is 32.3 Å². The van der Waals surface area contributed by atoms with E-state index in [0.29, 0.717) is 34.7 Å². The highest BCUT2D eigenvalue weighted by atomic mass is 35.5. The SMILES string of the molecule is NCCCNc1cccc2ncc3c(c12)C(=O)c1cc(Cl)ccc1S3(=O)=O. The Kier molecular flexibility index (Phi) is 4.38. The molecule has 4 rings (SSSR count). The number of rotatable bonds is 4. The van der Waals surface area contributed by atoms with Gasteiger partial charge < -0.3 is 11.1 Å². The number of sulfone groups is 1. The maximum atomic E-state index is 13.2. The highest BCUT2D eigenvalue weighted by Gasteiger charge is 2.37. The molecule has 0 amide bonds. The van der Waals surface area contributed by atoms with Gasteiger partial charge in [0.05, 0.1) is 16.0 Å². The summed E-state index contributed by atoms with van der Waals surface area (Å²) in [5.74, 6) is -0.377. The van der Waals surface area contributed by atoms with Crippen molar-refractivity contribution in [1.29, 1.82) is 0 Å². The van der Waals surface area contributed by atoms with Crippen molar-refractivity contribution >= 4 is 43.8 Å². The first-order chi connectivity index (χ1) is 12.9. The molecule has 0 unspecified atom stereocenters. The molecule has 1 aliphatic rings. The van der Waals surface area contributed by atoms with E-state index in [1.165, 1.54) is 24.4 Å². The maximum absolute atomic E-state index is 13.2. The molecule has 0 saturated carbocycles. The summed E-state index contributed by atoms with van der Waals surface area (Å²) in [4.78, 5) is 17.4. The molecule has 0 saturated heterocycles. The smallest absolute Gasteiger partial charge is 0.209 e. The van der Waals surface area contributed by atoms with Crippen LogP contribution in [0.3, 0.4) is 0 Å². The molecule has 8 heteroatoms. The number of ketones is 1. The molecule has 0 bridgehead atoms. The summed E-state index contributed by atoms with van der Waals surface area (Å²) in [5.41, 5.74) is 6.95. The number of nitrogens with zero attached hydrogens (tertiary/aromatic N) is 1. The number of carbonyl (C=O) groups excluding carboxylic acids is 1. The predicted octanol–water partition coefficient (Wildman–Crippen LogP) is 3.03. The summed E-state index contributed by atoms with van der Waals surface area (Å²) >= 11 is 6.01. The van der Waals surface area contributed by atoms with E-state index < -0.39 is 9.84 Å². The second kappa shape index (κ2) is 6.60. The van der Waals surface area contributed by atoms with Gasteiger partial charge in [-0.1, -0.05) is 17.7 Å². The van der Waals surface area contributed by atoms with Crippen LogP contribution in [0.15, 0.2) is 52.4 Å². The summed E-state index contributed by atoms with van der Waals surface area (Å²) in [6.07, 6.45) is 2.00. The van der Waals surface area contributed by atoms with Crippen molar-refractivity contribution in [3.63, 3.8) is 0 Å². The van der Waals surface area contributed by atoms with E-state index in [2.05, 4.69) is 10.3 Å². The van der Waals surface area contributed by atoms with Gasteiger partial charge in [0, 0.05) is 34.4 Å². The van der Waals surface area contributed by atoms with Gasteiger partial charge in [0.2, 0.25) is 9.84 Å². The minimum absolute atomic E-state index is 0.0425. The molecular weight excluding hydrogens is 386 g/mol. The molecule has 0 spiro atoms. The normalized spacial score (nSPS) is 14.7. The lowest BCUT2D eigenvalue weighted by Gasteiger charge is -2.21. The third-order valence-corrected chi connectivity index (χ3v) is 6.61. The Balaban J connectivity index is 2.03. The Labute approximate surface area is 161 Å². The van der Waals surface area contributed by atoms with Crippen LogP contribution in [0.1, 0.15) is 22.3 Å². The van der Waals surface area contributed by atoms with Gasteiger partial charge in [-0.25, -0.2) is 8.42 Å². The van der Waals surface area contributed by atoms with Crippen LogP contribution in [0.4, 0.5) is 5.69 Å². The van der Waals surface area contributed by atoms with E-state index in [9.17, 15) is 13.2 Å². The minimum atomic E-state index is -3.87.